The smallest absolute Gasteiger partial charge is 0.292 e. The van der Waals surface area contributed by atoms with Gasteiger partial charge in [-0.15, -0.1) is 0 Å². The molecule has 0 aliphatic carbocycles. The number of ether oxygens (including phenoxy) is 1. The first kappa shape index (κ1) is 17.7. The van der Waals surface area contributed by atoms with Crippen LogP contribution < -0.4 is 15.8 Å². The molecule has 4 N–H and O–H groups in total. The second-order valence-electron chi connectivity index (χ2n) is 5.31. The molecule has 0 heterocycles. The van der Waals surface area contributed by atoms with E-state index in [0.717, 1.165) is 0 Å². The number of nitrogens with one attached hydrogen (secondary N) is 1. The zero-order valence-electron chi connectivity index (χ0n) is 13.2. The van der Waals surface area contributed by atoms with Gasteiger partial charge < -0.3 is 15.2 Å². The van der Waals surface area contributed by atoms with Gasteiger partial charge in [0, 0.05) is 12.6 Å². The Morgan fingerprint density at radius 3 is 2.54 bits per heavy atom. The Hall–Kier alpha value is -2.64. The highest BCUT2D eigenvalue weighted by Gasteiger charge is 2.16. The van der Waals surface area contributed by atoms with Crippen molar-refractivity contribution in [3.05, 3.63) is 64.7 Å². The molecule has 0 spiro atoms. The number of rotatable bonds is 9. The average molecular weight is 331 g/mol. The summed E-state index contributed by atoms with van der Waals surface area (Å²) in [7, 11) is 0. The fraction of sp³-hybridized carbons (Fsp3) is 0.294. The van der Waals surface area contributed by atoms with Gasteiger partial charge in [0.2, 0.25) is 0 Å². The van der Waals surface area contributed by atoms with E-state index < -0.39 is 17.3 Å². The van der Waals surface area contributed by atoms with Gasteiger partial charge in [0.1, 0.15) is 17.5 Å². The predicted octanol–water partition coefficient (Wildman–Crippen LogP) is 2.51. The molecule has 0 bridgehead atoms. The van der Waals surface area contributed by atoms with Crippen LogP contribution in [0.15, 0.2) is 54.6 Å². The van der Waals surface area contributed by atoms with Crippen LogP contribution in [0.5, 0.6) is 5.75 Å². The number of aliphatic hydroxyl groups is 1. The zero-order chi connectivity index (χ0) is 17.4. The minimum absolute atomic E-state index is 0.0298. The van der Waals surface area contributed by atoms with E-state index in [2.05, 4.69) is 5.32 Å². The van der Waals surface area contributed by atoms with E-state index in [4.69, 9.17) is 10.5 Å². The Labute approximate surface area is 140 Å². The van der Waals surface area contributed by atoms with Gasteiger partial charge in [0.05, 0.1) is 4.92 Å². The van der Waals surface area contributed by atoms with Crippen LogP contribution >= 0.6 is 0 Å². The van der Waals surface area contributed by atoms with Gasteiger partial charge in [-0.05, 0) is 31.0 Å². The Balaban J connectivity index is 1.75. The van der Waals surface area contributed by atoms with Crippen molar-refractivity contribution >= 4 is 11.4 Å². The predicted molar refractivity (Wildman–Crippen MR) is 91.9 cm³/mol. The number of para-hydroxylation sites is 3. The third-order valence-corrected chi connectivity index (χ3v) is 3.49. The SMILES string of the molecule is NC(Oc1ccccc1)C(O)CCCNc1ccccc1[N+](=O)[O-]. The van der Waals surface area contributed by atoms with Crippen LogP contribution in [-0.2, 0) is 0 Å². The lowest BCUT2D eigenvalue weighted by atomic mass is 10.1. The molecule has 0 amide bonds. The molecule has 0 aliphatic heterocycles. The second-order valence-corrected chi connectivity index (χ2v) is 5.31. The van der Waals surface area contributed by atoms with Gasteiger partial charge in [-0.2, -0.15) is 0 Å². The lowest BCUT2D eigenvalue weighted by Gasteiger charge is -2.20. The number of nitro groups is 1. The van der Waals surface area contributed by atoms with Crippen molar-refractivity contribution in [2.24, 2.45) is 5.73 Å². The summed E-state index contributed by atoms with van der Waals surface area (Å²) in [5.41, 5.74) is 6.31. The summed E-state index contributed by atoms with van der Waals surface area (Å²) < 4.78 is 5.46. The average Bonchev–Trinajstić information content (AvgIpc) is 2.59. The molecule has 2 atom stereocenters. The van der Waals surface area contributed by atoms with E-state index in [-0.39, 0.29) is 5.69 Å². The summed E-state index contributed by atoms with van der Waals surface area (Å²) >= 11 is 0. The lowest BCUT2D eigenvalue weighted by molar-refractivity contribution is -0.384. The van der Waals surface area contributed by atoms with E-state index in [9.17, 15) is 15.2 Å². The van der Waals surface area contributed by atoms with Gasteiger partial charge >= 0.3 is 0 Å². The summed E-state index contributed by atoms with van der Waals surface area (Å²) in [4.78, 5) is 10.5. The third-order valence-electron chi connectivity index (χ3n) is 3.49. The molecule has 0 saturated carbocycles. The number of nitrogens with two attached hydrogens (primary N) is 1. The number of hydrogen-bond donors (Lipinski definition) is 3. The Morgan fingerprint density at radius 2 is 1.83 bits per heavy atom. The highest BCUT2D eigenvalue weighted by molar-refractivity contribution is 5.60. The second kappa shape index (κ2) is 8.85. The summed E-state index contributed by atoms with van der Waals surface area (Å²) in [5, 5.41) is 24.0. The Kier molecular flexibility index (Phi) is 6.53. The molecule has 0 aromatic heterocycles. The van der Waals surface area contributed by atoms with Crippen LogP contribution in [0.25, 0.3) is 0 Å². The quantitative estimate of drug-likeness (QED) is 0.282. The standard InChI is InChI=1S/C17H21N3O4/c18-17(24-13-7-2-1-3-8-13)16(21)11-6-12-19-14-9-4-5-10-15(14)20(22)23/h1-5,7-10,16-17,19,21H,6,11-12,18H2. The van der Waals surface area contributed by atoms with Crippen LogP contribution in [0.1, 0.15) is 12.8 Å². The van der Waals surface area contributed by atoms with E-state index in [1.54, 1.807) is 30.3 Å². The van der Waals surface area contributed by atoms with Gasteiger partial charge in [0.15, 0.2) is 6.23 Å². The van der Waals surface area contributed by atoms with Gasteiger partial charge in [0.25, 0.3) is 5.69 Å². The first-order valence-corrected chi connectivity index (χ1v) is 7.70. The van der Waals surface area contributed by atoms with Crippen LogP contribution in [0.4, 0.5) is 11.4 Å². The molecule has 2 rings (SSSR count). The van der Waals surface area contributed by atoms with Crippen LogP contribution in [-0.4, -0.2) is 28.9 Å². The minimum Gasteiger partial charge on any atom is -0.473 e. The molecule has 24 heavy (non-hydrogen) atoms. The number of nitrogens with zero attached hydrogens (tertiary/aromatic N) is 1. The molecular weight excluding hydrogens is 310 g/mol. The van der Waals surface area contributed by atoms with Crippen molar-refractivity contribution in [1.29, 1.82) is 0 Å². The van der Waals surface area contributed by atoms with Crippen molar-refractivity contribution in [3.63, 3.8) is 0 Å². The Bertz CT molecular complexity index is 651. The van der Waals surface area contributed by atoms with Crippen LogP contribution in [0, 0.1) is 10.1 Å². The molecule has 2 aromatic carbocycles. The topological polar surface area (TPSA) is 111 Å². The first-order chi connectivity index (χ1) is 11.6. The summed E-state index contributed by atoms with van der Waals surface area (Å²) in [6, 6.07) is 15.5. The summed E-state index contributed by atoms with van der Waals surface area (Å²) in [5.74, 6) is 0.599. The van der Waals surface area contributed by atoms with Crippen molar-refractivity contribution < 1.29 is 14.8 Å². The molecule has 7 heteroatoms. The molecule has 2 unspecified atom stereocenters. The minimum atomic E-state index is -0.822. The molecule has 7 nitrogen and oxygen atoms in total. The van der Waals surface area contributed by atoms with E-state index in [0.29, 0.717) is 30.8 Å². The van der Waals surface area contributed by atoms with Gasteiger partial charge in [-0.1, -0.05) is 30.3 Å². The van der Waals surface area contributed by atoms with Crippen LogP contribution in [0.2, 0.25) is 0 Å². The summed E-state index contributed by atoms with van der Waals surface area (Å²) in [6.07, 6.45) is -0.628. The maximum absolute atomic E-state index is 10.9. The molecule has 0 saturated heterocycles. The molecule has 0 fully saturated rings. The van der Waals surface area contributed by atoms with Gasteiger partial charge in [-0.25, -0.2) is 0 Å². The molecule has 128 valence electrons. The number of hydrogen-bond acceptors (Lipinski definition) is 6. The monoisotopic (exact) mass is 331 g/mol. The molecule has 2 aromatic rings. The van der Waals surface area contributed by atoms with Crippen molar-refractivity contribution in [1.82, 2.24) is 0 Å². The summed E-state index contributed by atoms with van der Waals surface area (Å²) in [6.45, 7) is 0.486. The highest BCUT2D eigenvalue weighted by atomic mass is 16.6. The normalized spacial score (nSPS) is 13.1. The largest absolute Gasteiger partial charge is 0.473 e. The lowest BCUT2D eigenvalue weighted by Crippen LogP contribution is -2.40. The van der Waals surface area contributed by atoms with Gasteiger partial charge in [-0.3, -0.25) is 15.8 Å². The van der Waals surface area contributed by atoms with Crippen molar-refractivity contribution in [3.8, 4) is 5.75 Å². The number of benzene rings is 2. The molecule has 0 radical (unpaired) electrons. The maximum atomic E-state index is 10.9. The third kappa shape index (κ3) is 5.22. The number of aliphatic hydroxyl groups excluding tert-OH is 1. The molecular formula is C17H21N3O4. The van der Waals surface area contributed by atoms with Crippen molar-refractivity contribution in [2.45, 2.75) is 25.2 Å². The molecule has 0 aliphatic rings. The Morgan fingerprint density at radius 1 is 1.17 bits per heavy atom. The van der Waals surface area contributed by atoms with E-state index in [1.807, 2.05) is 18.2 Å². The maximum Gasteiger partial charge on any atom is 0.292 e. The van der Waals surface area contributed by atoms with E-state index in [1.165, 1.54) is 6.07 Å². The fourth-order valence-corrected chi connectivity index (χ4v) is 2.22. The van der Waals surface area contributed by atoms with Crippen LogP contribution in [0.3, 0.4) is 0 Å². The van der Waals surface area contributed by atoms with Crippen molar-refractivity contribution in [2.75, 3.05) is 11.9 Å². The number of anilines is 1. The highest BCUT2D eigenvalue weighted by Crippen LogP contribution is 2.23. The fourth-order valence-electron chi connectivity index (χ4n) is 2.22. The first-order valence-electron chi connectivity index (χ1n) is 7.70. The van der Waals surface area contributed by atoms with E-state index >= 15 is 0 Å². The number of nitro benzene ring substituents is 1. The zero-order valence-corrected chi connectivity index (χ0v) is 13.2.